The van der Waals surface area contributed by atoms with E-state index in [2.05, 4.69) is 14.9 Å². The number of furan rings is 1. The SMILES string of the molecule is COc1cc([N+](=O)[O-])ccc1CN1CCc2nc(-c3ccco3)[nH]c(=O)c2C1. The van der Waals surface area contributed by atoms with Gasteiger partial charge in [-0.05, 0) is 18.2 Å². The third kappa shape index (κ3) is 3.39. The molecule has 0 spiro atoms. The molecule has 4 rings (SSSR count). The van der Waals surface area contributed by atoms with E-state index in [1.54, 1.807) is 18.2 Å². The highest BCUT2D eigenvalue weighted by Gasteiger charge is 2.23. The van der Waals surface area contributed by atoms with Crippen molar-refractivity contribution in [2.24, 2.45) is 0 Å². The quantitative estimate of drug-likeness (QED) is 0.532. The summed E-state index contributed by atoms with van der Waals surface area (Å²) in [5, 5.41) is 10.9. The predicted molar refractivity (Wildman–Crippen MR) is 100 cm³/mol. The number of rotatable bonds is 5. The summed E-state index contributed by atoms with van der Waals surface area (Å²) < 4.78 is 10.6. The van der Waals surface area contributed by atoms with Gasteiger partial charge in [-0.1, -0.05) is 0 Å². The van der Waals surface area contributed by atoms with Crippen molar-refractivity contribution in [3.63, 3.8) is 0 Å². The van der Waals surface area contributed by atoms with Gasteiger partial charge in [0.25, 0.3) is 11.2 Å². The van der Waals surface area contributed by atoms with Gasteiger partial charge in [-0.25, -0.2) is 4.98 Å². The Morgan fingerprint density at radius 1 is 1.39 bits per heavy atom. The Kier molecular flexibility index (Phi) is 4.66. The smallest absolute Gasteiger partial charge is 0.273 e. The number of nitro benzene ring substituents is 1. The van der Waals surface area contributed by atoms with Crippen LogP contribution in [0.4, 0.5) is 5.69 Å². The fraction of sp³-hybridized carbons (Fsp3) is 0.263. The van der Waals surface area contributed by atoms with Gasteiger partial charge >= 0.3 is 0 Å². The molecule has 3 aromatic rings. The summed E-state index contributed by atoms with van der Waals surface area (Å²) in [4.78, 5) is 32.5. The van der Waals surface area contributed by atoms with Gasteiger partial charge in [0.2, 0.25) is 0 Å². The van der Waals surface area contributed by atoms with Gasteiger partial charge in [0, 0.05) is 37.7 Å². The van der Waals surface area contributed by atoms with Gasteiger partial charge in [0.15, 0.2) is 11.6 Å². The van der Waals surface area contributed by atoms with Crippen LogP contribution in [-0.2, 0) is 19.5 Å². The predicted octanol–water partition coefficient (Wildman–Crippen LogP) is 2.50. The highest BCUT2D eigenvalue weighted by Crippen LogP contribution is 2.27. The number of ether oxygens (including phenoxy) is 1. The van der Waals surface area contributed by atoms with Gasteiger partial charge in [0.05, 0.1) is 35.6 Å². The lowest BCUT2D eigenvalue weighted by atomic mass is 10.1. The molecule has 9 heteroatoms. The highest BCUT2D eigenvalue weighted by molar-refractivity contribution is 5.47. The maximum Gasteiger partial charge on any atom is 0.273 e. The third-order valence-corrected chi connectivity index (χ3v) is 4.78. The summed E-state index contributed by atoms with van der Waals surface area (Å²) in [6, 6.07) is 8.06. The zero-order valence-corrected chi connectivity index (χ0v) is 15.2. The molecule has 0 aliphatic carbocycles. The van der Waals surface area contributed by atoms with Crippen LogP contribution in [0, 0.1) is 10.1 Å². The number of non-ortho nitro benzene ring substituents is 1. The van der Waals surface area contributed by atoms with E-state index >= 15 is 0 Å². The van der Waals surface area contributed by atoms with Gasteiger partial charge in [-0.15, -0.1) is 0 Å². The lowest BCUT2D eigenvalue weighted by Crippen LogP contribution is -2.35. The number of nitro groups is 1. The molecule has 0 saturated heterocycles. The Labute approximate surface area is 159 Å². The topological polar surface area (TPSA) is 114 Å². The molecule has 1 aliphatic rings. The lowest BCUT2D eigenvalue weighted by Gasteiger charge is -2.28. The molecule has 1 N–H and O–H groups in total. The first kappa shape index (κ1) is 17.9. The van der Waals surface area contributed by atoms with Gasteiger partial charge in [-0.2, -0.15) is 0 Å². The second kappa shape index (κ2) is 7.28. The van der Waals surface area contributed by atoms with Crippen LogP contribution in [-0.4, -0.2) is 33.4 Å². The summed E-state index contributed by atoms with van der Waals surface area (Å²) in [5.41, 5.74) is 2.02. The van der Waals surface area contributed by atoms with Gasteiger partial charge in [-0.3, -0.25) is 19.8 Å². The molecular weight excluding hydrogens is 364 g/mol. The van der Waals surface area contributed by atoms with Crippen LogP contribution < -0.4 is 10.3 Å². The van der Waals surface area contributed by atoms with Gasteiger partial charge < -0.3 is 14.1 Å². The zero-order chi connectivity index (χ0) is 19.7. The van der Waals surface area contributed by atoms with Crippen LogP contribution in [0.3, 0.4) is 0 Å². The Balaban J connectivity index is 1.56. The van der Waals surface area contributed by atoms with Crippen LogP contribution in [0.25, 0.3) is 11.6 Å². The number of H-pyrrole nitrogens is 1. The molecule has 3 heterocycles. The maximum atomic E-state index is 12.6. The van der Waals surface area contributed by atoms with E-state index in [1.807, 2.05) is 0 Å². The van der Waals surface area contributed by atoms with Crippen molar-refractivity contribution in [2.45, 2.75) is 19.5 Å². The molecule has 0 fully saturated rings. The molecule has 2 aromatic heterocycles. The van der Waals surface area contributed by atoms with Crippen molar-refractivity contribution in [3.05, 3.63) is 73.9 Å². The Morgan fingerprint density at radius 3 is 2.96 bits per heavy atom. The monoisotopic (exact) mass is 382 g/mol. The first-order valence-corrected chi connectivity index (χ1v) is 8.75. The van der Waals surface area contributed by atoms with E-state index < -0.39 is 4.92 Å². The normalized spacial score (nSPS) is 13.9. The Hall–Kier alpha value is -3.46. The molecule has 0 amide bonds. The van der Waals surface area contributed by atoms with E-state index in [4.69, 9.17) is 9.15 Å². The van der Waals surface area contributed by atoms with Crippen molar-refractivity contribution < 1.29 is 14.1 Å². The number of hydrogen-bond donors (Lipinski definition) is 1. The van der Waals surface area contributed by atoms with Crippen molar-refractivity contribution >= 4 is 5.69 Å². The fourth-order valence-electron chi connectivity index (χ4n) is 3.36. The first-order valence-electron chi connectivity index (χ1n) is 8.75. The number of aromatic amines is 1. The number of nitrogens with zero attached hydrogens (tertiary/aromatic N) is 3. The third-order valence-electron chi connectivity index (χ3n) is 4.78. The van der Waals surface area contributed by atoms with E-state index in [0.717, 1.165) is 11.3 Å². The molecule has 0 saturated carbocycles. The van der Waals surface area contributed by atoms with Crippen LogP contribution in [0.1, 0.15) is 16.8 Å². The summed E-state index contributed by atoms with van der Waals surface area (Å²) in [6.45, 7) is 1.66. The number of aromatic nitrogens is 2. The van der Waals surface area contributed by atoms with Crippen LogP contribution in [0.2, 0.25) is 0 Å². The summed E-state index contributed by atoms with van der Waals surface area (Å²) >= 11 is 0. The van der Waals surface area contributed by atoms with E-state index in [0.29, 0.717) is 49.0 Å². The molecule has 0 bridgehead atoms. The largest absolute Gasteiger partial charge is 0.496 e. The van der Waals surface area contributed by atoms with Crippen LogP contribution >= 0.6 is 0 Å². The Morgan fingerprint density at radius 2 is 2.25 bits per heavy atom. The second-order valence-electron chi connectivity index (χ2n) is 6.53. The summed E-state index contributed by atoms with van der Waals surface area (Å²) in [7, 11) is 1.48. The first-order chi connectivity index (χ1) is 13.5. The summed E-state index contributed by atoms with van der Waals surface area (Å²) in [5.74, 6) is 1.41. The Bertz CT molecular complexity index is 1070. The van der Waals surface area contributed by atoms with Gasteiger partial charge in [0.1, 0.15) is 5.75 Å². The molecule has 0 atom stereocenters. The maximum absolute atomic E-state index is 12.6. The average molecular weight is 382 g/mol. The molecule has 9 nitrogen and oxygen atoms in total. The number of hydrogen-bond acceptors (Lipinski definition) is 7. The molecule has 0 radical (unpaired) electrons. The summed E-state index contributed by atoms with van der Waals surface area (Å²) in [6.07, 6.45) is 2.16. The van der Waals surface area contributed by atoms with Crippen molar-refractivity contribution in [3.8, 4) is 17.3 Å². The standard InChI is InChI=1S/C19H18N4O5/c1-27-17-9-13(23(25)26)5-4-12(17)10-22-7-6-15-14(11-22)19(24)21-18(20-15)16-3-2-8-28-16/h2-5,8-9H,6-7,10-11H2,1H3,(H,20,21,24). The van der Waals surface area contributed by atoms with E-state index in [9.17, 15) is 14.9 Å². The fourth-order valence-corrected chi connectivity index (χ4v) is 3.36. The molecule has 144 valence electrons. The van der Waals surface area contributed by atoms with Crippen molar-refractivity contribution in [1.82, 2.24) is 14.9 Å². The van der Waals surface area contributed by atoms with E-state index in [-0.39, 0.29) is 11.2 Å². The minimum absolute atomic E-state index is 0.0179. The highest BCUT2D eigenvalue weighted by atomic mass is 16.6. The number of benzene rings is 1. The zero-order valence-electron chi connectivity index (χ0n) is 15.2. The minimum Gasteiger partial charge on any atom is -0.496 e. The molecule has 1 aliphatic heterocycles. The molecule has 0 unspecified atom stereocenters. The average Bonchev–Trinajstić information content (AvgIpc) is 3.23. The molecular formula is C19H18N4O5. The minimum atomic E-state index is -0.453. The van der Waals surface area contributed by atoms with Crippen molar-refractivity contribution in [1.29, 1.82) is 0 Å². The number of methoxy groups -OCH3 is 1. The second-order valence-corrected chi connectivity index (χ2v) is 6.53. The number of fused-ring (bicyclic) bond motifs is 1. The molecule has 1 aromatic carbocycles. The van der Waals surface area contributed by atoms with Crippen LogP contribution in [0.5, 0.6) is 5.75 Å². The molecule has 28 heavy (non-hydrogen) atoms. The van der Waals surface area contributed by atoms with Crippen molar-refractivity contribution in [2.75, 3.05) is 13.7 Å². The van der Waals surface area contributed by atoms with Crippen LogP contribution in [0.15, 0.2) is 45.8 Å². The van der Waals surface area contributed by atoms with E-state index in [1.165, 1.54) is 25.5 Å². The lowest BCUT2D eigenvalue weighted by molar-refractivity contribution is -0.384. The number of nitrogens with one attached hydrogen (secondary N) is 1.